The molecule has 0 aromatic heterocycles. The fourth-order valence-electron chi connectivity index (χ4n) is 1.39. The predicted molar refractivity (Wildman–Crippen MR) is 60.1 cm³/mol. The van der Waals surface area contributed by atoms with Crippen LogP contribution < -0.4 is 10.4 Å². The number of hydrazine groups is 1. The van der Waals surface area contributed by atoms with Crippen molar-refractivity contribution in [1.29, 1.82) is 0 Å². The second-order valence-corrected chi connectivity index (χ2v) is 3.10. The van der Waals surface area contributed by atoms with Crippen molar-refractivity contribution < 1.29 is 0 Å². The van der Waals surface area contributed by atoms with E-state index in [4.69, 9.17) is 0 Å². The molecule has 0 amide bonds. The zero-order valence-corrected chi connectivity index (χ0v) is 8.14. The van der Waals surface area contributed by atoms with Crippen LogP contribution in [-0.2, 0) is 0 Å². The van der Waals surface area contributed by atoms with Crippen LogP contribution in [0.5, 0.6) is 0 Å². The summed E-state index contributed by atoms with van der Waals surface area (Å²) < 4.78 is 0. The maximum atomic E-state index is 4.08. The molecule has 72 valence electrons. The molecular weight excluding hydrogens is 174 g/mol. The Morgan fingerprint density at radius 1 is 1.36 bits per heavy atom. The zero-order chi connectivity index (χ0) is 9.80. The number of anilines is 1. The van der Waals surface area contributed by atoms with E-state index in [1.807, 2.05) is 18.0 Å². The summed E-state index contributed by atoms with van der Waals surface area (Å²) in [5.41, 5.74) is 5.40. The first-order chi connectivity index (χ1) is 6.90. The largest absolute Gasteiger partial charge is 0.286 e. The molecule has 1 aliphatic rings. The fourth-order valence-corrected chi connectivity index (χ4v) is 1.39. The van der Waals surface area contributed by atoms with Gasteiger partial charge in [-0.15, -0.1) is 0 Å². The van der Waals surface area contributed by atoms with E-state index in [-0.39, 0.29) is 0 Å². The highest BCUT2D eigenvalue weighted by atomic mass is 15.6. The number of benzene rings is 1. The van der Waals surface area contributed by atoms with Crippen LogP contribution in [0.15, 0.2) is 35.3 Å². The lowest BCUT2D eigenvalue weighted by Gasteiger charge is -2.16. The van der Waals surface area contributed by atoms with E-state index < -0.39 is 0 Å². The highest BCUT2D eigenvalue weighted by molar-refractivity contribution is 5.64. The molecule has 0 spiro atoms. The van der Waals surface area contributed by atoms with Crippen LogP contribution in [0.25, 0.3) is 6.08 Å². The van der Waals surface area contributed by atoms with Crippen molar-refractivity contribution >= 4 is 18.1 Å². The maximum Gasteiger partial charge on any atom is 0.131 e. The third-order valence-electron chi connectivity index (χ3n) is 2.09. The number of nitrogens with zero attached hydrogens (tertiary/aromatic N) is 2. The van der Waals surface area contributed by atoms with Crippen molar-refractivity contribution in [2.75, 3.05) is 11.7 Å². The Morgan fingerprint density at radius 2 is 2.14 bits per heavy atom. The van der Waals surface area contributed by atoms with Crippen LogP contribution >= 0.6 is 0 Å². The van der Waals surface area contributed by atoms with E-state index in [1.54, 1.807) is 6.34 Å². The summed E-state index contributed by atoms with van der Waals surface area (Å²) in [7, 11) is 0. The molecule has 14 heavy (non-hydrogen) atoms. The first-order valence-corrected chi connectivity index (χ1v) is 4.65. The van der Waals surface area contributed by atoms with E-state index in [9.17, 15) is 0 Å². The summed E-state index contributed by atoms with van der Waals surface area (Å²) in [5, 5.41) is 1.99. The van der Waals surface area contributed by atoms with Gasteiger partial charge in [0, 0.05) is 0 Å². The molecule has 2 rings (SSSR count). The molecular formula is C11H13N3. The number of hydrogen-bond donors (Lipinski definition) is 1. The van der Waals surface area contributed by atoms with Crippen molar-refractivity contribution in [3.05, 3.63) is 35.9 Å². The summed E-state index contributed by atoms with van der Waals surface area (Å²) in [5.74, 6) is 0. The lowest BCUT2D eigenvalue weighted by atomic mass is 10.2. The van der Waals surface area contributed by atoms with Crippen LogP contribution in [0.3, 0.4) is 0 Å². The second kappa shape index (κ2) is 3.96. The van der Waals surface area contributed by atoms with Crippen molar-refractivity contribution in [3.8, 4) is 0 Å². The molecule has 0 saturated heterocycles. The van der Waals surface area contributed by atoms with Crippen LogP contribution in [0.2, 0.25) is 0 Å². The van der Waals surface area contributed by atoms with Gasteiger partial charge in [0.2, 0.25) is 0 Å². The van der Waals surface area contributed by atoms with Gasteiger partial charge in [0.1, 0.15) is 13.0 Å². The SMILES string of the molecule is C/C=C/c1ccc(N2CN=CN2)cc1. The maximum absolute atomic E-state index is 4.08. The van der Waals surface area contributed by atoms with Crippen LogP contribution in [0, 0.1) is 0 Å². The number of nitrogens with one attached hydrogen (secondary N) is 1. The average Bonchev–Trinajstić information content (AvgIpc) is 2.72. The fraction of sp³-hybridized carbons (Fsp3) is 0.182. The minimum absolute atomic E-state index is 0.683. The summed E-state index contributed by atoms with van der Waals surface area (Å²) in [4.78, 5) is 4.08. The Labute approximate surface area is 83.7 Å². The van der Waals surface area contributed by atoms with Crippen molar-refractivity contribution in [1.82, 2.24) is 5.43 Å². The number of rotatable bonds is 2. The average molecular weight is 187 g/mol. The Bertz CT molecular complexity index is 343. The predicted octanol–water partition coefficient (Wildman–Crippen LogP) is 2.03. The summed E-state index contributed by atoms with van der Waals surface area (Å²) in [6.45, 7) is 2.70. The third kappa shape index (κ3) is 1.76. The van der Waals surface area contributed by atoms with E-state index in [2.05, 4.69) is 40.8 Å². The van der Waals surface area contributed by atoms with Crippen LogP contribution in [-0.4, -0.2) is 13.0 Å². The second-order valence-electron chi connectivity index (χ2n) is 3.10. The number of aliphatic imine (C=N–C) groups is 1. The first-order valence-electron chi connectivity index (χ1n) is 4.65. The molecule has 0 aliphatic carbocycles. The Hall–Kier alpha value is -1.77. The van der Waals surface area contributed by atoms with Gasteiger partial charge in [0.05, 0.1) is 5.69 Å². The Morgan fingerprint density at radius 3 is 2.71 bits per heavy atom. The Balaban J connectivity index is 2.13. The normalized spacial score (nSPS) is 15.1. The van der Waals surface area contributed by atoms with Gasteiger partial charge >= 0.3 is 0 Å². The van der Waals surface area contributed by atoms with Gasteiger partial charge in [-0.05, 0) is 24.6 Å². The molecule has 0 bridgehead atoms. The molecule has 3 nitrogen and oxygen atoms in total. The first kappa shape index (κ1) is 8.81. The van der Waals surface area contributed by atoms with Crippen molar-refractivity contribution in [2.24, 2.45) is 4.99 Å². The van der Waals surface area contributed by atoms with Crippen LogP contribution in [0.1, 0.15) is 12.5 Å². The van der Waals surface area contributed by atoms with Gasteiger partial charge in [-0.2, -0.15) is 0 Å². The topological polar surface area (TPSA) is 27.6 Å². The molecule has 0 unspecified atom stereocenters. The molecule has 0 atom stereocenters. The lowest BCUT2D eigenvalue weighted by Crippen LogP contribution is -2.31. The Kier molecular flexibility index (Phi) is 2.49. The van der Waals surface area contributed by atoms with E-state index in [0.29, 0.717) is 6.67 Å². The van der Waals surface area contributed by atoms with Crippen LogP contribution in [0.4, 0.5) is 5.69 Å². The highest BCUT2D eigenvalue weighted by Gasteiger charge is 2.06. The standard InChI is InChI=1S/C11H13N3/c1-2-3-10-4-6-11(7-5-10)14-9-12-8-13-14/h2-8H,9H2,1H3,(H,12,13)/b3-2+. The molecule has 0 saturated carbocycles. The minimum Gasteiger partial charge on any atom is -0.286 e. The molecule has 1 aromatic rings. The highest BCUT2D eigenvalue weighted by Crippen LogP contribution is 2.15. The number of allylic oxidation sites excluding steroid dienone is 1. The summed E-state index contributed by atoms with van der Waals surface area (Å²) in [6.07, 6.45) is 5.82. The summed E-state index contributed by atoms with van der Waals surface area (Å²) >= 11 is 0. The lowest BCUT2D eigenvalue weighted by molar-refractivity contribution is 0.845. The van der Waals surface area contributed by atoms with Gasteiger partial charge in [0.15, 0.2) is 0 Å². The zero-order valence-electron chi connectivity index (χ0n) is 8.14. The van der Waals surface area contributed by atoms with Gasteiger partial charge in [-0.25, -0.2) is 0 Å². The molecule has 1 aromatic carbocycles. The third-order valence-corrected chi connectivity index (χ3v) is 2.09. The molecule has 0 fully saturated rings. The molecule has 0 radical (unpaired) electrons. The van der Waals surface area contributed by atoms with Gasteiger partial charge in [0.25, 0.3) is 0 Å². The smallest absolute Gasteiger partial charge is 0.131 e. The summed E-state index contributed by atoms with van der Waals surface area (Å²) in [6, 6.07) is 8.35. The molecule has 1 heterocycles. The van der Waals surface area contributed by atoms with Gasteiger partial charge in [-0.1, -0.05) is 24.3 Å². The van der Waals surface area contributed by atoms with Crippen molar-refractivity contribution in [3.63, 3.8) is 0 Å². The van der Waals surface area contributed by atoms with E-state index in [0.717, 1.165) is 5.69 Å². The van der Waals surface area contributed by atoms with E-state index >= 15 is 0 Å². The monoisotopic (exact) mass is 187 g/mol. The van der Waals surface area contributed by atoms with Gasteiger partial charge < -0.3 is 0 Å². The molecule has 3 heteroatoms. The van der Waals surface area contributed by atoms with Gasteiger partial charge in [-0.3, -0.25) is 15.4 Å². The number of hydrogen-bond acceptors (Lipinski definition) is 3. The minimum atomic E-state index is 0.683. The van der Waals surface area contributed by atoms with Crippen molar-refractivity contribution in [2.45, 2.75) is 6.92 Å². The quantitative estimate of drug-likeness (QED) is 0.767. The van der Waals surface area contributed by atoms with E-state index in [1.165, 1.54) is 5.56 Å². The molecule has 1 N–H and O–H groups in total. The molecule has 1 aliphatic heterocycles.